The van der Waals surface area contributed by atoms with Crippen LogP contribution in [0, 0.1) is 0 Å². The highest BCUT2D eigenvalue weighted by molar-refractivity contribution is 6.29. The molecule has 0 atom stereocenters. The van der Waals surface area contributed by atoms with E-state index >= 15 is 0 Å². The number of carbonyl (C=O) groups excluding carboxylic acids is 2. The van der Waals surface area contributed by atoms with Crippen LogP contribution in [0.2, 0.25) is 0 Å². The van der Waals surface area contributed by atoms with E-state index in [0.29, 0.717) is 0 Å². The van der Waals surface area contributed by atoms with Gasteiger partial charge in [0.05, 0.1) is 12.7 Å². The monoisotopic (exact) mass is 188 g/mol. The maximum atomic E-state index is 10.9. The summed E-state index contributed by atoms with van der Waals surface area (Å²) in [5, 5.41) is 0. The highest BCUT2D eigenvalue weighted by Gasteiger charge is 2.17. The van der Waals surface area contributed by atoms with Crippen LogP contribution >= 0.6 is 0 Å². The molecular formula is C9H16O4. The molecule has 0 rings (SSSR count). The van der Waals surface area contributed by atoms with Gasteiger partial charge in [-0.3, -0.25) is 0 Å². The Balaban J connectivity index is 3.64. The van der Waals surface area contributed by atoms with Gasteiger partial charge in [-0.1, -0.05) is 13.3 Å². The van der Waals surface area contributed by atoms with E-state index in [0.717, 1.165) is 12.8 Å². The van der Waals surface area contributed by atoms with Gasteiger partial charge in [0, 0.05) is 0 Å². The van der Waals surface area contributed by atoms with Crippen LogP contribution in [0.1, 0.15) is 33.6 Å². The number of unbranched alkanes of at least 4 members (excludes halogenated alkanes) is 1. The first kappa shape index (κ1) is 11.9. The van der Waals surface area contributed by atoms with Gasteiger partial charge >= 0.3 is 11.9 Å². The van der Waals surface area contributed by atoms with Crippen LogP contribution in [0.15, 0.2) is 0 Å². The molecule has 0 amide bonds. The van der Waals surface area contributed by atoms with Crippen molar-refractivity contribution in [2.24, 2.45) is 0 Å². The van der Waals surface area contributed by atoms with Crippen LogP contribution in [0.4, 0.5) is 0 Å². The second-order valence-corrected chi connectivity index (χ2v) is 2.94. The third-order valence-electron chi connectivity index (χ3n) is 1.24. The van der Waals surface area contributed by atoms with E-state index in [9.17, 15) is 9.59 Å². The van der Waals surface area contributed by atoms with Gasteiger partial charge in [0.2, 0.25) is 0 Å². The summed E-state index contributed by atoms with van der Waals surface area (Å²) in [5.74, 6) is -1.81. The van der Waals surface area contributed by atoms with Crippen LogP contribution in [0.3, 0.4) is 0 Å². The first-order valence-corrected chi connectivity index (χ1v) is 4.45. The predicted octanol–water partition coefficient (Wildman–Crippen LogP) is 1.28. The SMILES string of the molecule is CCCCOC(=O)C(=O)OC(C)C. The molecule has 0 aliphatic rings. The fourth-order valence-corrected chi connectivity index (χ4v) is 0.630. The van der Waals surface area contributed by atoms with Crippen LogP contribution in [-0.2, 0) is 19.1 Å². The minimum Gasteiger partial charge on any atom is -0.457 e. The molecule has 0 N–H and O–H groups in total. The van der Waals surface area contributed by atoms with Crippen LogP contribution in [0.5, 0.6) is 0 Å². The molecule has 0 radical (unpaired) electrons. The number of hydrogen-bond donors (Lipinski definition) is 0. The highest BCUT2D eigenvalue weighted by Crippen LogP contribution is 1.93. The number of ether oxygens (including phenoxy) is 2. The van der Waals surface area contributed by atoms with E-state index in [-0.39, 0.29) is 12.7 Å². The molecule has 0 spiro atoms. The standard InChI is InChI=1S/C9H16O4/c1-4-5-6-12-8(10)9(11)13-7(2)3/h7H,4-6H2,1-3H3. The lowest BCUT2D eigenvalue weighted by molar-refractivity contribution is -0.170. The van der Waals surface area contributed by atoms with E-state index in [4.69, 9.17) is 0 Å². The lowest BCUT2D eigenvalue weighted by Crippen LogP contribution is -2.23. The zero-order chi connectivity index (χ0) is 10.3. The molecule has 0 saturated carbocycles. The molecule has 0 bridgehead atoms. The summed E-state index contributed by atoms with van der Waals surface area (Å²) in [6.07, 6.45) is 1.40. The average molecular weight is 188 g/mol. The van der Waals surface area contributed by atoms with Crippen molar-refractivity contribution in [3.05, 3.63) is 0 Å². The molecule has 0 heterocycles. The van der Waals surface area contributed by atoms with Crippen LogP contribution < -0.4 is 0 Å². The topological polar surface area (TPSA) is 52.6 Å². The van der Waals surface area contributed by atoms with E-state index in [2.05, 4.69) is 9.47 Å². The van der Waals surface area contributed by atoms with Crippen molar-refractivity contribution < 1.29 is 19.1 Å². The minimum atomic E-state index is -0.911. The Morgan fingerprint density at radius 2 is 1.85 bits per heavy atom. The zero-order valence-corrected chi connectivity index (χ0v) is 8.33. The summed E-state index contributed by atoms with van der Waals surface area (Å²) in [6.45, 7) is 5.61. The summed E-state index contributed by atoms with van der Waals surface area (Å²) in [6, 6.07) is 0. The number of hydrogen-bond acceptors (Lipinski definition) is 4. The Morgan fingerprint density at radius 1 is 1.23 bits per heavy atom. The Morgan fingerprint density at radius 3 is 2.31 bits per heavy atom. The smallest absolute Gasteiger partial charge is 0.417 e. The van der Waals surface area contributed by atoms with Crippen LogP contribution in [-0.4, -0.2) is 24.6 Å². The van der Waals surface area contributed by atoms with Gasteiger partial charge < -0.3 is 9.47 Å². The van der Waals surface area contributed by atoms with Gasteiger partial charge in [-0.15, -0.1) is 0 Å². The molecular weight excluding hydrogens is 172 g/mol. The van der Waals surface area contributed by atoms with E-state index in [1.165, 1.54) is 0 Å². The molecule has 0 aromatic heterocycles. The summed E-state index contributed by atoms with van der Waals surface area (Å²) >= 11 is 0. The lowest BCUT2D eigenvalue weighted by atomic mass is 10.4. The molecule has 0 aromatic rings. The van der Waals surface area contributed by atoms with Gasteiger partial charge in [0.1, 0.15) is 0 Å². The van der Waals surface area contributed by atoms with Crippen molar-refractivity contribution in [2.75, 3.05) is 6.61 Å². The summed E-state index contributed by atoms with van der Waals surface area (Å²) in [4.78, 5) is 21.7. The number of carbonyl (C=O) groups is 2. The minimum absolute atomic E-state index is 0.280. The van der Waals surface area contributed by atoms with Gasteiger partial charge in [0.15, 0.2) is 0 Å². The largest absolute Gasteiger partial charge is 0.457 e. The lowest BCUT2D eigenvalue weighted by Gasteiger charge is -2.06. The fourth-order valence-electron chi connectivity index (χ4n) is 0.630. The van der Waals surface area contributed by atoms with Crippen molar-refractivity contribution in [3.8, 4) is 0 Å². The normalized spacial score (nSPS) is 9.85. The highest BCUT2D eigenvalue weighted by atomic mass is 16.6. The van der Waals surface area contributed by atoms with Crippen molar-refractivity contribution >= 4 is 11.9 Å². The molecule has 0 saturated heterocycles. The quantitative estimate of drug-likeness (QED) is 0.379. The summed E-state index contributed by atoms with van der Waals surface area (Å²) in [5.41, 5.74) is 0. The van der Waals surface area contributed by atoms with Crippen molar-refractivity contribution in [2.45, 2.75) is 39.7 Å². The third kappa shape index (κ3) is 6.13. The molecule has 0 aliphatic carbocycles. The summed E-state index contributed by atoms with van der Waals surface area (Å²) in [7, 11) is 0. The van der Waals surface area contributed by atoms with Crippen molar-refractivity contribution in [1.82, 2.24) is 0 Å². The fraction of sp³-hybridized carbons (Fsp3) is 0.778. The molecule has 0 aromatic carbocycles. The van der Waals surface area contributed by atoms with Gasteiger partial charge in [0.25, 0.3) is 0 Å². The van der Waals surface area contributed by atoms with E-state index in [1.54, 1.807) is 13.8 Å². The van der Waals surface area contributed by atoms with Gasteiger partial charge in [-0.25, -0.2) is 9.59 Å². The van der Waals surface area contributed by atoms with Gasteiger partial charge in [-0.05, 0) is 20.3 Å². The maximum Gasteiger partial charge on any atom is 0.417 e. The Kier molecular flexibility index (Phi) is 5.93. The van der Waals surface area contributed by atoms with E-state index < -0.39 is 11.9 Å². The molecule has 4 nitrogen and oxygen atoms in total. The summed E-state index contributed by atoms with van der Waals surface area (Å²) < 4.78 is 9.26. The first-order valence-electron chi connectivity index (χ1n) is 4.45. The Labute approximate surface area is 78.2 Å². The average Bonchev–Trinajstić information content (AvgIpc) is 2.03. The number of rotatable bonds is 4. The second-order valence-electron chi connectivity index (χ2n) is 2.94. The molecule has 13 heavy (non-hydrogen) atoms. The van der Waals surface area contributed by atoms with E-state index in [1.807, 2.05) is 6.92 Å². The van der Waals surface area contributed by atoms with Crippen molar-refractivity contribution in [1.29, 1.82) is 0 Å². The first-order chi connectivity index (χ1) is 6.07. The third-order valence-corrected chi connectivity index (χ3v) is 1.24. The maximum absolute atomic E-state index is 10.9. The molecule has 0 fully saturated rings. The Hall–Kier alpha value is -1.06. The molecule has 76 valence electrons. The number of esters is 2. The zero-order valence-electron chi connectivity index (χ0n) is 8.33. The predicted molar refractivity (Wildman–Crippen MR) is 47.1 cm³/mol. The molecule has 4 heteroatoms. The molecule has 0 unspecified atom stereocenters. The molecule has 0 aliphatic heterocycles. The van der Waals surface area contributed by atoms with Gasteiger partial charge in [-0.2, -0.15) is 0 Å². The Bertz CT molecular complexity index is 174. The van der Waals surface area contributed by atoms with Crippen molar-refractivity contribution in [3.63, 3.8) is 0 Å². The van der Waals surface area contributed by atoms with Crippen LogP contribution in [0.25, 0.3) is 0 Å². The second kappa shape index (κ2) is 6.46.